The first-order valence-electron chi connectivity index (χ1n) is 5.83. The van der Waals surface area contributed by atoms with Crippen molar-refractivity contribution < 1.29 is 9.84 Å². The average Bonchev–Trinajstić information content (AvgIpc) is 2.27. The van der Waals surface area contributed by atoms with Crippen molar-refractivity contribution >= 4 is 0 Å². The predicted octanol–water partition coefficient (Wildman–Crippen LogP) is 1.95. The number of aliphatic hydroxyl groups excluding tert-OH is 1. The van der Waals surface area contributed by atoms with Crippen molar-refractivity contribution in [3.05, 3.63) is 29.8 Å². The van der Waals surface area contributed by atoms with E-state index in [2.05, 4.69) is 12.2 Å². The Morgan fingerprint density at radius 1 is 1.38 bits per heavy atom. The number of ether oxygens (including phenoxy) is 1. The molecule has 0 unspecified atom stereocenters. The van der Waals surface area contributed by atoms with Crippen molar-refractivity contribution in [2.45, 2.75) is 32.9 Å². The van der Waals surface area contributed by atoms with Crippen LogP contribution in [0, 0.1) is 0 Å². The summed E-state index contributed by atoms with van der Waals surface area (Å²) < 4.78 is 5.64. The zero-order valence-electron chi connectivity index (χ0n) is 10.1. The maximum absolute atomic E-state index is 9.15. The lowest BCUT2D eigenvalue weighted by atomic mass is 10.2. The second-order valence-electron chi connectivity index (χ2n) is 3.94. The first-order valence-corrected chi connectivity index (χ1v) is 5.83. The van der Waals surface area contributed by atoms with E-state index < -0.39 is 0 Å². The molecule has 1 rings (SSSR count). The number of hydrogen-bond acceptors (Lipinski definition) is 3. The molecule has 0 saturated carbocycles. The lowest BCUT2D eigenvalue weighted by Crippen LogP contribution is -2.24. The third-order valence-electron chi connectivity index (χ3n) is 2.19. The highest BCUT2D eigenvalue weighted by Gasteiger charge is 2.02. The van der Waals surface area contributed by atoms with Crippen molar-refractivity contribution in [2.75, 3.05) is 13.2 Å². The van der Waals surface area contributed by atoms with Crippen LogP contribution in [0.2, 0.25) is 0 Å². The molecular formula is C13H21NO2. The van der Waals surface area contributed by atoms with Gasteiger partial charge in [0.2, 0.25) is 0 Å². The normalized spacial score (nSPS) is 12.4. The van der Waals surface area contributed by atoms with Gasteiger partial charge in [-0.15, -0.1) is 0 Å². The molecule has 0 amide bonds. The van der Waals surface area contributed by atoms with E-state index in [1.807, 2.05) is 24.3 Å². The number of aliphatic hydroxyl groups is 1. The van der Waals surface area contributed by atoms with Crippen LogP contribution >= 0.6 is 0 Å². The van der Waals surface area contributed by atoms with Gasteiger partial charge in [0, 0.05) is 18.7 Å². The van der Waals surface area contributed by atoms with Crippen LogP contribution in [0.15, 0.2) is 24.3 Å². The predicted molar refractivity (Wildman–Crippen MR) is 65.6 cm³/mol. The molecule has 0 bridgehead atoms. The van der Waals surface area contributed by atoms with Crippen LogP contribution in [0.1, 0.15) is 25.8 Å². The zero-order valence-corrected chi connectivity index (χ0v) is 10.1. The SMILES string of the molecule is CCCOc1ccccc1CNC[C@@H](C)O. The van der Waals surface area contributed by atoms with E-state index in [9.17, 15) is 0 Å². The van der Waals surface area contributed by atoms with Crippen molar-refractivity contribution in [3.8, 4) is 5.75 Å². The summed E-state index contributed by atoms with van der Waals surface area (Å²) in [6.07, 6.45) is 0.693. The van der Waals surface area contributed by atoms with E-state index in [4.69, 9.17) is 9.84 Å². The molecule has 0 aliphatic heterocycles. The number of nitrogens with one attached hydrogen (secondary N) is 1. The maximum atomic E-state index is 9.15. The fraction of sp³-hybridized carbons (Fsp3) is 0.538. The fourth-order valence-corrected chi connectivity index (χ4v) is 1.42. The molecule has 90 valence electrons. The minimum atomic E-state index is -0.316. The summed E-state index contributed by atoms with van der Waals surface area (Å²) in [6, 6.07) is 8.00. The number of hydrogen-bond donors (Lipinski definition) is 2. The summed E-state index contributed by atoms with van der Waals surface area (Å²) in [5.41, 5.74) is 1.14. The largest absolute Gasteiger partial charge is 0.493 e. The summed E-state index contributed by atoms with van der Waals surface area (Å²) in [7, 11) is 0. The van der Waals surface area contributed by atoms with Crippen LogP contribution in [-0.4, -0.2) is 24.4 Å². The Morgan fingerprint density at radius 3 is 2.81 bits per heavy atom. The lowest BCUT2D eigenvalue weighted by Gasteiger charge is -2.12. The van der Waals surface area contributed by atoms with Crippen LogP contribution in [0.4, 0.5) is 0 Å². The molecule has 0 saturated heterocycles. The molecule has 0 radical (unpaired) electrons. The third-order valence-corrected chi connectivity index (χ3v) is 2.19. The highest BCUT2D eigenvalue weighted by atomic mass is 16.5. The van der Waals surface area contributed by atoms with Crippen LogP contribution in [0.5, 0.6) is 5.75 Å². The number of benzene rings is 1. The van der Waals surface area contributed by atoms with E-state index in [0.29, 0.717) is 6.54 Å². The van der Waals surface area contributed by atoms with Crippen molar-refractivity contribution in [2.24, 2.45) is 0 Å². The summed E-state index contributed by atoms with van der Waals surface area (Å²) >= 11 is 0. The van der Waals surface area contributed by atoms with Gasteiger partial charge in [0.1, 0.15) is 5.75 Å². The van der Waals surface area contributed by atoms with E-state index >= 15 is 0 Å². The molecule has 1 aromatic carbocycles. The standard InChI is InChI=1S/C13H21NO2/c1-3-8-16-13-7-5-4-6-12(13)10-14-9-11(2)15/h4-7,11,14-15H,3,8-10H2,1-2H3/t11-/m1/s1. The summed E-state index contributed by atoms with van der Waals surface area (Å²) in [5.74, 6) is 0.933. The van der Waals surface area contributed by atoms with Crippen LogP contribution in [0.3, 0.4) is 0 Å². The van der Waals surface area contributed by atoms with E-state index in [1.165, 1.54) is 0 Å². The van der Waals surface area contributed by atoms with Gasteiger partial charge in [-0.1, -0.05) is 25.1 Å². The quantitative estimate of drug-likeness (QED) is 0.742. The van der Waals surface area contributed by atoms with Gasteiger partial charge in [-0.05, 0) is 19.4 Å². The van der Waals surface area contributed by atoms with Crippen LogP contribution in [0.25, 0.3) is 0 Å². The molecule has 3 heteroatoms. The highest BCUT2D eigenvalue weighted by molar-refractivity contribution is 5.33. The number of para-hydroxylation sites is 1. The minimum absolute atomic E-state index is 0.316. The molecule has 0 aromatic heterocycles. The Morgan fingerprint density at radius 2 is 2.12 bits per heavy atom. The first kappa shape index (κ1) is 13.0. The van der Waals surface area contributed by atoms with Gasteiger partial charge in [-0.3, -0.25) is 0 Å². The Balaban J connectivity index is 2.49. The van der Waals surface area contributed by atoms with Crippen LogP contribution < -0.4 is 10.1 Å². The molecule has 16 heavy (non-hydrogen) atoms. The molecule has 0 spiro atoms. The molecule has 3 nitrogen and oxygen atoms in total. The minimum Gasteiger partial charge on any atom is -0.493 e. The summed E-state index contributed by atoms with van der Waals surface area (Å²) in [4.78, 5) is 0. The number of rotatable bonds is 7. The monoisotopic (exact) mass is 223 g/mol. The second kappa shape index (κ2) is 7.25. The smallest absolute Gasteiger partial charge is 0.123 e. The molecule has 0 aliphatic rings. The average molecular weight is 223 g/mol. The summed E-state index contributed by atoms with van der Waals surface area (Å²) in [6.45, 7) is 5.93. The molecule has 2 N–H and O–H groups in total. The molecule has 0 heterocycles. The third kappa shape index (κ3) is 4.64. The molecule has 1 atom stereocenters. The van der Waals surface area contributed by atoms with Crippen LogP contribution in [-0.2, 0) is 6.54 Å². The van der Waals surface area contributed by atoms with E-state index in [1.54, 1.807) is 6.92 Å². The lowest BCUT2D eigenvalue weighted by molar-refractivity contribution is 0.190. The van der Waals surface area contributed by atoms with Gasteiger partial charge < -0.3 is 15.2 Å². The molecular weight excluding hydrogens is 202 g/mol. The van der Waals surface area contributed by atoms with Crippen molar-refractivity contribution in [1.82, 2.24) is 5.32 Å². The highest BCUT2D eigenvalue weighted by Crippen LogP contribution is 2.17. The van der Waals surface area contributed by atoms with Crippen molar-refractivity contribution in [3.63, 3.8) is 0 Å². The first-order chi connectivity index (χ1) is 7.74. The van der Waals surface area contributed by atoms with Gasteiger partial charge in [0.05, 0.1) is 12.7 Å². The van der Waals surface area contributed by atoms with Gasteiger partial charge in [-0.25, -0.2) is 0 Å². The Kier molecular flexibility index (Phi) is 5.90. The summed E-state index contributed by atoms with van der Waals surface area (Å²) in [5, 5.41) is 12.3. The van der Waals surface area contributed by atoms with E-state index in [0.717, 1.165) is 30.9 Å². The van der Waals surface area contributed by atoms with Gasteiger partial charge in [-0.2, -0.15) is 0 Å². The van der Waals surface area contributed by atoms with Gasteiger partial charge >= 0.3 is 0 Å². The van der Waals surface area contributed by atoms with E-state index in [-0.39, 0.29) is 6.10 Å². The zero-order chi connectivity index (χ0) is 11.8. The van der Waals surface area contributed by atoms with Gasteiger partial charge in [0.25, 0.3) is 0 Å². The topological polar surface area (TPSA) is 41.5 Å². The van der Waals surface area contributed by atoms with Gasteiger partial charge in [0.15, 0.2) is 0 Å². The molecule has 0 aliphatic carbocycles. The Labute approximate surface area is 97.4 Å². The molecule has 0 fully saturated rings. The van der Waals surface area contributed by atoms with Crippen molar-refractivity contribution in [1.29, 1.82) is 0 Å². The Hall–Kier alpha value is -1.06. The fourth-order valence-electron chi connectivity index (χ4n) is 1.42. The maximum Gasteiger partial charge on any atom is 0.123 e. The molecule has 1 aromatic rings. The Bertz CT molecular complexity index is 300. The second-order valence-corrected chi connectivity index (χ2v) is 3.94.